The van der Waals surface area contributed by atoms with Gasteiger partial charge in [-0.2, -0.15) is 0 Å². The molecule has 9 aromatic carbocycles. The largest absolute Gasteiger partial charge is 0.298 e. The van der Waals surface area contributed by atoms with E-state index in [1.807, 2.05) is 0 Å². The molecule has 4 heteroatoms. The molecule has 1 aliphatic carbocycles. The minimum Gasteiger partial charge on any atom is -0.298 e. The topological polar surface area (TPSA) is 35.1 Å². The summed E-state index contributed by atoms with van der Waals surface area (Å²) in [6.45, 7) is 0. The highest BCUT2D eigenvalue weighted by Gasteiger charge is 2.23. The SMILES string of the molecule is C1=Cc2ccc(-c3c4ccccc4c(-c4ccc5ccccc5c4)c4nc5ccc(-c6ccc7cc(-c8nc9ccccc9n8-c8ccccc8)ccc7c6)cn5c34)cc2CC1. The van der Waals surface area contributed by atoms with Gasteiger partial charge in [0.2, 0.25) is 0 Å². The number of hydrogen-bond donors (Lipinski definition) is 0. The summed E-state index contributed by atoms with van der Waals surface area (Å²) in [4.78, 5) is 10.6. The van der Waals surface area contributed by atoms with Crippen LogP contribution < -0.4 is 0 Å². The van der Waals surface area contributed by atoms with Crippen molar-refractivity contribution in [1.29, 1.82) is 0 Å². The second-order valence-electron chi connectivity index (χ2n) is 16.5. The molecule has 3 heterocycles. The van der Waals surface area contributed by atoms with Gasteiger partial charge >= 0.3 is 0 Å². The van der Waals surface area contributed by atoms with Crippen LogP contribution in [0.5, 0.6) is 0 Å². The van der Waals surface area contributed by atoms with E-state index in [1.54, 1.807) is 0 Å². The normalized spacial score (nSPS) is 12.6. The zero-order valence-corrected chi connectivity index (χ0v) is 33.8. The lowest BCUT2D eigenvalue weighted by Gasteiger charge is -2.18. The molecule has 0 saturated heterocycles. The first-order valence-electron chi connectivity index (χ1n) is 21.4. The highest BCUT2D eigenvalue weighted by Crippen LogP contribution is 2.45. The molecule has 0 amide bonds. The van der Waals surface area contributed by atoms with Gasteiger partial charge in [0.25, 0.3) is 0 Å². The maximum absolute atomic E-state index is 5.51. The first-order chi connectivity index (χ1) is 30.7. The summed E-state index contributed by atoms with van der Waals surface area (Å²) in [6, 6.07) is 68.2. The third-order valence-corrected chi connectivity index (χ3v) is 12.9. The van der Waals surface area contributed by atoms with Gasteiger partial charge in [0, 0.05) is 28.6 Å². The van der Waals surface area contributed by atoms with Crippen molar-refractivity contribution >= 4 is 66.1 Å². The Bertz CT molecular complexity index is 3810. The number of imidazole rings is 2. The Balaban J connectivity index is 1.00. The van der Waals surface area contributed by atoms with Crippen LogP contribution >= 0.6 is 0 Å². The van der Waals surface area contributed by atoms with Crippen LogP contribution in [0.2, 0.25) is 0 Å². The van der Waals surface area contributed by atoms with Crippen molar-refractivity contribution in [3.05, 3.63) is 211 Å². The second-order valence-corrected chi connectivity index (χ2v) is 16.5. The fourth-order valence-electron chi connectivity index (χ4n) is 9.94. The van der Waals surface area contributed by atoms with Crippen molar-refractivity contribution in [3.8, 4) is 50.5 Å². The monoisotopic (exact) mass is 790 g/mol. The highest BCUT2D eigenvalue weighted by atomic mass is 15.1. The Morgan fingerprint density at radius 2 is 1.11 bits per heavy atom. The van der Waals surface area contributed by atoms with Crippen molar-refractivity contribution in [2.24, 2.45) is 0 Å². The maximum atomic E-state index is 5.51. The van der Waals surface area contributed by atoms with Gasteiger partial charge in [-0.15, -0.1) is 0 Å². The fourth-order valence-corrected chi connectivity index (χ4v) is 9.94. The summed E-state index contributed by atoms with van der Waals surface area (Å²) in [5.41, 5.74) is 17.1. The predicted octanol–water partition coefficient (Wildman–Crippen LogP) is 14.9. The average Bonchev–Trinajstić information content (AvgIpc) is 3.92. The number of hydrogen-bond acceptors (Lipinski definition) is 2. The molecular formula is C58H38N4. The van der Waals surface area contributed by atoms with Crippen LogP contribution in [0.25, 0.3) is 117 Å². The molecular weight excluding hydrogens is 753 g/mol. The van der Waals surface area contributed by atoms with E-state index in [0.29, 0.717) is 0 Å². The average molecular weight is 791 g/mol. The lowest BCUT2D eigenvalue weighted by Crippen LogP contribution is -1.97. The zero-order valence-electron chi connectivity index (χ0n) is 33.8. The number of aryl methyl sites for hydroxylation is 1. The van der Waals surface area contributed by atoms with E-state index in [1.165, 1.54) is 65.7 Å². The lowest BCUT2D eigenvalue weighted by atomic mass is 9.87. The molecule has 0 N–H and O–H groups in total. The summed E-state index contributed by atoms with van der Waals surface area (Å²) >= 11 is 0. The van der Waals surface area contributed by atoms with E-state index in [-0.39, 0.29) is 0 Å². The maximum Gasteiger partial charge on any atom is 0.145 e. The van der Waals surface area contributed by atoms with Gasteiger partial charge in [0.15, 0.2) is 0 Å². The predicted molar refractivity (Wildman–Crippen MR) is 259 cm³/mol. The lowest BCUT2D eigenvalue weighted by molar-refractivity contribution is 0.986. The smallest absolute Gasteiger partial charge is 0.145 e. The van der Waals surface area contributed by atoms with E-state index in [4.69, 9.17) is 9.97 Å². The summed E-state index contributed by atoms with van der Waals surface area (Å²) in [6.07, 6.45) is 8.96. The van der Waals surface area contributed by atoms with E-state index >= 15 is 0 Å². The van der Waals surface area contributed by atoms with Crippen LogP contribution in [0.3, 0.4) is 0 Å². The van der Waals surface area contributed by atoms with Crippen LogP contribution in [0, 0.1) is 0 Å². The molecule has 1 aliphatic rings. The second kappa shape index (κ2) is 13.7. The van der Waals surface area contributed by atoms with Crippen LogP contribution in [0.1, 0.15) is 17.5 Å². The van der Waals surface area contributed by atoms with Crippen LogP contribution in [0.4, 0.5) is 0 Å². The summed E-state index contributed by atoms with van der Waals surface area (Å²) in [5, 5.41) is 7.23. The third kappa shape index (κ3) is 5.47. The molecule has 4 nitrogen and oxygen atoms in total. The zero-order chi connectivity index (χ0) is 40.7. The molecule has 0 bridgehead atoms. The number of nitrogens with zero attached hydrogens (tertiary/aromatic N) is 4. The molecule has 62 heavy (non-hydrogen) atoms. The van der Waals surface area contributed by atoms with Gasteiger partial charge in [0.05, 0.1) is 22.1 Å². The van der Waals surface area contributed by atoms with Crippen molar-refractivity contribution < 1.29 is 0 Å². The number of benzene rings is 9. The standard InChI is InChI=1S/C58H38N4/c1-2-16-48(17-3-1)62-52-21-11-10-20-51(52)59-58(62)46-29-26-41-32-43(25-24-42(41)35-46)47-30-31-53-60-56-54(44-27-22-37-12-4-6-14-39(37)33-44)49-18-8-9-19-50(49)55(57(56)61(53)36-47)45-28-23-38-13-5-7-15-40(38)34-45/h1-6,8-14,16-36H,7,15H2. The van der Waals surface area contributed by atoms with Gasteiger partial charge < -0.3 is 0 Å². The highest BCUT2D eigenvalue weighted by molar-refractivity contribution is 6.20. The summed E-state index contributed by atoms with van der Waals surface area (Å²) < 4.78 is 4.61. The van der Waals surface area contributed by atoms with Gasteiger partial charge in [0.1, 0.15) is 11.5 Å². The summed E-state index contributed by atoms with van der Waals surface area (Å²) in [5.74, 6) is 0.933. The minimum atomic E-state index is 0.926. The Labute approximate surface area is 358 Å². The number of allylic oxidation sites excluding steroid dienone is 1. The first kappa shape index (κ1) is 34.8. The molecule has 12 aromatic rings. The molecule has 0 fully saturated rings. The number of pyridine rings is 1. The van der Waals surface area contributed by atoms with Gasteiger partial charge in [-0.3, -0.25) is 8.97 Å². The number of fused-ring (bicyclic) bond motifs is 8. The molecule has 0 spiro atoms. The van der Waals surface area contributed by atoms with Crippen molar-refractivity contribution in [2.75, 3.05) is 0 Å². The molecule has 0 atom stereocenters. The fraction of sp³-hybridized carbons (Fsp3) is 0.0345. The number of rotatable bonds is 5. The Morgan fingerprint density at radius 1 is 0.468 bits per heavy atom. The van der Waals surface area contributed by atoms with Crippen molar-refractivity contribution in [2.45, 2.75) is 12.8 Å². The quantitative estimate of drug-likeness (QED) is 0.174. The van der Waals surface area contributed by atoms with E-state index < -0.39 is 0 Å². The molecule has 0 aliphatic heterocycles. The van der Waals surface area contributed by atoms with Gasteiger partial charge in [-0.1, -0.05) is 146 Å². The van der Waals surface area contributed by atoms with Crippen LogP contribution in [0.15, 0.2) is 200 Å². The van der Waals surface area contributed by atoms with Crippen molar-refractivity contribution in [1.82, 2.24) is 18.9 Å². The molecule has 13 rings (SSSR count). The number of aromatic nitrogens is 4. The Hall–Kier alpha value is -8.08. The van der Waals surface area contributed by atoms with Gasteiger partial charge in [-0.05, 0) is 133 Å². The van der Waals surface area contributed by atoms with E-state index in [0.717, 1.165) is 68.8 Å². The van der Waals surface area contributed by atoms with Crippen LogP contribution in [-0.2, 0) is 6.42 Å². The molecule has 290 valence electrons. The Morgan fingerprint density at radius 3 is 2.00 bits per heavy atom. The van der Waals surface area contributed by atoms with E-state index in [9.17, 15) is 0 Å². The van der Waals surface area contributed by atoms with Crippen LogP contribution in [-0.4, -0.2) is 18.9 Å². The number of para-hydroxylation sites is 3. The molecule has 3 aromatic heterocycles. The minimum absolute atomic E-state index is 0.926. The Kier molecular flexibility index (Phi) is 7.70. The molecule has 0 radical (unpaired) electrons. The van der Waals surface area contributed by atoms with Gasteiger partial charge in [-0.25, -0.2) is 9.97 Å². The third-order valence-electron chi connectivity index (χ3n) is 12.9. The first-order valence-corrected chi connectivity index (χ1v) is 21.4. The van der Waals surface area contributed by atoms with E-state index in [2.05, 4.69) is 215 Å². The summed E-state index contributed by atoms with van der Waals surface area (Å²) in [7, 11) is 0. The molecule has 0 unspecified atom stereocenters. The molecule has 0 saturated carbocycles. The van der Waals surface area contributed by atoms with Crippen molar-refractivity contribution in [3.63, 3.8) is 0 Å².